The molecule has 2 aromatic carbocycles. The zero-order chi connectivity index (χ0) is 20.7. The van der Waals surface area contributed by atoms with Crippen molar-refractivity contribution < 1.29 is 29.3 Å². The van der Waals surface area contributed by atoms with Crippen LogP contribution in [0.5, 0.6) is 11.5 Å². The van der Waals surface area contributed by atoms with Crippen molar-refractivity contribution >= 4 is 23.3 Å². The molecule has 0 bridgehead atoms. The molecule has 0 radical (unpaired) electrons. The third kappa shape index (κ3) is 4.85. The van der Waals surface area contributed by atoms with Crippen LogP contribution in [0.2, 0.25) is 0 Å². The molecule has 1 amide bonds. The number of amides is 1. The molecule has 0 aliphatic rings. The van der Waals surface area contributed by atoms with E-state index < -0.39 is 11.9 Å². The standard InChI is InChI=1S/C19H19N3O6/c1-11(23)17(18(24)20-13-6-4-5-7-15(13)27-2)22-21-14-9-8-12(19(25)26)10-16(14)28-3/h4-10,23H,1-3H3,(H,20,24)(H,25,26)/b17-11+,22-21?. The van der Waals surface area contributed by atoms with E-state index in [1.54, 1.807) is 24.3 Å². The minimum absolute atomic E-state index is 0.0128. The van der Waals surface area contributed by atoms with Crippen molar-refractivity contribution in [2.24, 2.45) is 10.2 Å². The van der Waals surface area contributed by atoms with Crippen molar-refractivity contribution in [1.82, 2.24) is 0 Å². The lowest BCUT2D eigenvalue weighted by Gasteiger charge is -2.10. The van der Waals surface area contributed by atoms with Gasteiger partial charge in [0.2, 0.25) is 0 Å². The second kappa shape index (κ2) is 9.17. The van der Waals surface area contributed by atoms with Crippen molar-refractivity contribution in [3.8, 4) is 11.5 Å². The first-order valence-corrected chi connectivity index (χ1v) is 8.04. The molecule has 9 heteroatoms. The number of aliphatic hydroxyl groups is 1. The first-order chi connectivity index (χ1) is 13.4. The van der Waals surface area contributed by atoms with Crippen LogP contribution >= 0.6 is 0 Å². The highest BCUT2D eigenvalue weighted by Gasteiger charge is 2.16. The van der Waals surface area contributed by atoms with Crippen LogP contribution in [0, 0.1) is 0 Å². The Morgan fingerprint density at radius 3 is 2.29 bits per heavy atom. The summed E-state index contributed by atoms with van der Waals surface area (Å²) in [5.41, 5.74) is 0.276. The van der Waals surface area contributed by atoms with E-state index in [-0.39, 0.29) is 28.5 Å². The monoisotopic (exact) mass is 385 g/mol. The fourth-order valence-electron chi connectivity index (χ4n) is 2.21. The number of hydrogen-bond acceptors (Lipinski definition) is 7. The topological polar surface area (TPSA) is 130 Å². The number of anilines is 1. The number of aliphatic hydroxyl groups excluding tert-OH is 1. The van der Waals surface area contributed by atoms with E-state index in [4.69, 9.17) is 14.6 Å². The maximum absolute atomic E-state index is 12.5. The predicted molar refractivity (Wildman–Crippen MR) is 101 cm³/mol. The fraction of sp³-hybridized carbons (Fsp3) is 0.158. The number of allylic oxidation sites excluding steroid dienone is 1. The van der Waals surface area contributed by atoms with Crippen LogP contribution in [0.15, 0.2) is 64.1 Å². The van der Waals surface area contributed by atoms with Gasteiger partial charge >= 0.3 is 5.97 Å². The zero-order valence-electron chi connectivity index (χ0n) is 15.5. The number of ether oxygens (including phenoxy) is 2. The summed E-state index contributed by atoms with van der Waals surface area (Å²) in [7, 11) is 2.81. The van der Waals surface area contributed by atoms with Crippen LogP contribution in [0.3, 0.4) is 0 Å². The number of nitrogens with zero attached hydrogens (tertiary/aromatic N) is 2. The molecular formula is C19H19N3O6. The van der Waals surface area contributed by atoms with E-state index in [2.05, 4.69) is 15.5 Å². The van der Waals surface area contributed by atoms with Gasteiger partial charge in [-0.3, -0.25) is 4.79 Å². The highest BCUT2D eigenvalue weighted by Crippen LogP contribution is 2.30. The zero-order valence-corrected chi connectivity index (χ0v) is 15.5. The van der Waals surface area contributed by atoms with Crippen molar-refractivity contribution in [3.63, 3.8) is 0 Å². The summed E-state index contributed by atoms with van der Waals surface area (Å²) < 4.78 is 10.3. The second-order valence-electron chi connectivity index (χ2n) is 5.48. The van der Waals surface area contributed by atoms with Gasteiger partial charge < -0.3 is 25.0 Å². The number of carbonyl (C=O) groups is 2. The number of carboxylic acids is 1. The Morgan fingerprint density at radius 2 is 1.68 bits per heavy atom. The van der Waals surface area contributed by atoms with Gasteiger partial charge in [0.15, 0.2) is 5.70 Å². The van der Waals surface area contributed by atoms with Crippen LogP contribution in [0.25, 0.3) is 0 Å². The first-order valence-electron chi connectivity index (χ1n) is 8.04. The van der Waals surface area contributed by atoms with Gasteiger partial charge in [0.25, 0.3) is 5.91 Å². The number of azo groups is 1. The third-order valence-electron chi connectivity index (χ3n) is 3.60. The molecule has 0 atom stereocenters. The van der Waals surface area contributed by atoms with E-state index in [1.165, 1.54) is 39.3 Å². The average molecular weight is 385 g/mol. The number of nitrogens with one attached hydrogen (secondary N) is 1. The molecular weight excluding hydrogens is 366 g/mol. The Bertz CT molecular complexity index is 948. The van der Waals surface area contributed by atoms with Gasteiger partial charge in [-0.05, 0) is 37.3 Å². The van der Waals surface area contributed by atoms with Crippen molar-refractivity contribution in [2.45, 2.75) is 6.92 Å². The third-order valence-corrected chi connectivity index (χ3v) is 3.60. The maximum Gasteiger partial charge on any atom is 0.335 e. The van der Waals surface area contributed by atoms with E-state index >= 15 is 0 Å². The van der Waals surface area contributed by atoms with Crippen molar-refractivity contribution in [1.29, 1.82) is 0 Å². The molecule has 0 saturated carbocycles. The van der Waals surface area contributed by atoms with Crippen LogP contribution in [0.4, 0.5) is 11.4 Å². The molecule has 2 rings (SSSR count). The number of rotatable bonds is 7. The van der Waals surface area contributed by atoms with Crippen molar-refractivity contribution in [3.05, 3.63) is 59.5 Å². The average Bonchev–Trinajstić information content (AvgIpc) is 2.68. The van der Waals surface area contributed by atoms with Gasteiger partial charge in [-0.15, -0.1) is 10.2 Å². The van der Waals surface area contributed by atoms with Crippen LogP contribution < -0.4 is 14.8 Å². The normalized spacial score (nSPS) is 11.7. The highest BCUT2D eigenvalue weighted by atomic mass is 16.5. The fourth-order valence-corrected chi connectivity index (χ4v) is 2.21. The van der Waals surface area contributed by atoms with Gasteiger partial charge in [0, 0.05) is 0 Å². The van der Waals surface area contributed by atoms with E-state index in [1.807, 2.05) is 0 Å². The minimum atomic E-state index is -1.12. The Labute approximate surface area is 160 Å². The number of para-hydroxylation sites is 2. The quantitative estimate of drug-likeness (QED) is 0.376. The number of methoxy groups -OCH3 is 2. The molecule has 9 nitrogen and oxygen atoms in total. The van der Waals surface area contributed by atoms with Gasteiger partial charge in [-0.1, -0.05) is 12.1 Å². The summed E-state index contributed by atoms with van der Waals surface area (Å²) >= 11 is 0. The van der Waals surface area contributed by atoms with Crippen molar-refractivity contribution in [2.75, 3.05) is 19.5 Å². The Hall–Kier alpha value is -3.88. The van der Waals surface area contributed by atoms with Crippen LogP contribution in [-0.4, -0.2) is 36.3 Å². The van der Waals surface area contributed by atoms with Gasteiger partial charge in [0.1, 0.15) is 22.9 Å². The summed E-state index contributed by atoms with van der Waals surface area (Å²) in [6.45, 7) is 1.29. The molecule has 0 heterocycles. The molecule has 3 N–H and O–H groups in total. The van der Waals surface area contributed by atoms with Gasteiger partial charge in [-0.2, -0.15) is 0 Å². The predicted octanol–water partition coefficient (Wildman–Crippen LogP) is 3.91. The molecule has 0 unspecified atom stereocenters. The number of aromatic carboxylic acids is 1. The Balaban J connectivity index is 2.29. The molecule has 0 saturated heterocycles. The summed E-state index contributed by atoms with van der Waals surface area (Å²) in [6, 6.07) is 10.7. The highest BCUT2D eigenvalue weighted by molar-refractivity contribution is 6.04. The second-order valence-corrected chi connectivity index (χ2v) is 5.48. The summed E-state index contributed by atoms with van der Waals surface area (Å²) in [4.78, 5) is 23.5. The van der Waals surface area contributed by atoms with E-state index in [0.717, 1.165) is 0 Å². The molecule has 28 heavy (non-hydrogen) atoms. The molecule has 0 aliphatic heterocycles. The largest absolute Gasteiger partial charge is 0.510 e. The molecule has 0 aromatic heterocycles. The Morgan fingerprint density at radius 1 is 1.00 bits per heavy atom. The Kier molecular flexibility index (Phi) is 6.69. The lowest BCUT2D eigenvalue weighted by atomic mass is 10.2. The van der Waals surface area contributed by atoms with Crippen LogP contribution in [-0.2, 0) is 4.79 Å². The summed E-state index contributed by atoms with van der Waals surface area (Å²) in [6.07, 6.45) is 0. The number of hydrogen-bond donors (Lipinski definition) is 3. The van der Waals surface area contributed by atoms with Crippen LogP contribution in [0.1, 0.15) is 17.3 Å². The first kappa shape index (κ1) is 20.4. The number of carboxylic acid groups (broad SMARTS) is 1. The number of carbonyl (C=O) groups excluding carboxylic acids is 1. The minimum Gasteiger partial charge on any atom is -0.510 e. The number of benzene rings is 2. The molecule has 2 aromatic rings. The smallest absolute Gasteiger partial charge is 0.335 e. The van der Waals surface area contributed by atoms with E-state index in [0.29, 0.717) is 11.4 Å². The molecule has 0 fully saturated rings. The molecule has 0 spiro atoms. The van der Waals surface area contributed by atoms with E-state index in [9.17, 15) is 14.7 Å². The summed E-state index contributed by atoms with van der Waals surface area (Å²) in [5.74, 6) is -1.58. The lowest BCUT2D eigenvalue weighted by Crippen LogP contribution is -2.15. The SMILES string of the molecule is COc1cc(C(=O)O)ccc1N=N/C(C(=O)Nc1ccccc1OC)=C(\C)O. The lowest BCUT2D eigenvalue weighted by molar-refractivity contribution is -0.113. The van der Waals surface area contributed by atoms with Gasteiger partial charge in [-0.25, -0.2) is 4.79 Å². The maximum atomic E-state index is 12.5. The molecule has 0 aliphatic carbocycles. The summed E-state index contributed by atoms with van der Waals surface area (Å²) in [5, 5.41) is 29.2. The van der Waals surface area contributed by atoms with Gasteiger partial charge in [0.05, 0.1) is 25.5 Å². The molecule has 146 valence electrons.